The minimum Gasteiger partial charge on any atom is -0.389 e. The first-order valence-electron chi connectivity index (χ1n) is 5.70. The summed E-state index contributed by atoms with van der Waals surface area (Å²) in [7, 11) is 2.01. The number of anilines is 1. The number of hydrogen-bond acceptors (Lipinski definition) is 4. The second-order valence-corrected chi connectivity index (χ2v) is 4.72. The van der Waals surface area contributed by atoms with Gasteiger partial charge in [-0.25, -0.2) is 4.98 Å². The molecular weight excluding hydrogens is 234 g/mol. The third-order valence-electron chi connectivity index (χ3n) is 3.22. The molecule has 1 aromatic rings. The minimum absolute atomic E-state index is 0.209. The van der Waals surface area contributed by atoms with Crippen LogP contribution in [0.2, 0.25) is 0 Å². The normalized spacial score (nSPS) is 23.6. The van der Waals surface area contributed by atoms with Crippen LogP contribution < -0.4 is 10.6 Å². The summed E-state index contributed by atoms with van der Waals surface area (Å²) in [4.78, 5) is 6.88. The summed E-state index contributed by atoms with van der Waals surface area (Å²) >= 11 is 5.05. The van der Waals surface area contributed by atoms with E-state index in [1.165, 1.54) is 0 Å². The Morgan fingerprint density at radius 3 is 3.00 bits per heavy atom. The molecule has 1 fully saturated rings. The van der Waals surface area contributed by atoms with Crippen molar-refractivity contribution >= 4 is 23.0 Å². The number of nitrogens with two attached hydrogens (primary N) is 1. The Balaban J connectivity index is 2.30. The summed E-state index contributed by atoms with van der Waals surface area (Å²) in [5.74, 6) is 0.836. The molecule has 2 N–H and O–H groups in total. The zero-order chi connectivity index (χ0) is 12.4. The highest BCUT2D eigenvalue weighted by Gasteiger charge is 2.29. The highest BCUT2D eigenvalue weighted by molar-refractivity contribution is 7.80. The molecule has 92 valence electrons. The SMILES string of the molecule is CC1OCCC1N(C)c1ncccc1C(N)=S. The van der Waals surface area contributed by atoms with Crippen molar-refractivity contribution in [1.29, 1.82) is 0 Å². The Morgan fingerprint density at radius 1 is 1.65 bits per heavy atom. The Kier molecular flexibility index (Phi) is 3.59. The fourth-order valence-electron chi connectivity index (χ4n) is 2.26. The lowest BCUT2D eigenvalue weighted by molar-refractivity contribution is 0.118. The summed E-state index contributed by atoms with van der Waals surface area (Å²) in [5.41, 5.74) is 6.54. The van der Waals surface area contributed by atoms with Crippen LogP contribution in [0.3, 0.4) is 0 Å². The Hall–Kier alpha value is -1.20. The van der Waals surface area contributed by atoms with E-state index in [1.807, 2.05) is 19.2 Å². The standard InChI is InChI=1S/C12H17N3OS/c1-8-10(5-7-16-8)15(2)12-9(11(13)17)4-3-6-14-12/h3-4,6,8,10H,5,7H2,1-2H3,(H2,13,17). The number of hydrogen-bond donors (Lipinski definition) is 1. The van der Waals surface area contributed by atoms with E-state index in [1.54, 1.807) is 6.20 Å². The first kappa shape index (κ1) is 12.3. The monoisotopic (exact) mass is 251 g/mol. The third-order valence-corrected chi connectivity index (χ3v) is 3.44. The van der Waals surface area contributed by atoms with Gasteiger partial charge in [0, 0.05) is 19.9 Å². The van der Waals surface area contributed by atoms with E-state index in [-0.39, 0.29) is 6.10 Å². The van der Waals surface area contributed by atoms with Gasteiger partial charge in [-0.1, -0.05) is 12.2 Å². The molecule has 0 bridgehead atoms. The molecule has 17 heavy (non-hydrogen) atoms. The molecule has 2 unspecified atom stereocenters. The van der Waals surface area contributed by atoms with E-state index in [4.69, 9.17) is 22.7 Å². The molecule has 2 rings (SSSR count). The molecule has 4 nitrogen and oxygen atoms in total. The van der Waals surface area contributed by atoms with Crippen molar-refractivity contribution < 1.29 is 4.74 Å². The molecule has 0 amide bonds. The number of rotatable bonds is 3. The second kappa shape index (κ2) is 4.98. The summed E-state index contributed by atoms with van der Waals surface area (Å²) in [6.07, 6.45) is 2.97. The van der Waals surface area contributed by atoms with Gasteiger partial charge in [0.05, 0.1) is 17.7 Å². The van der Waals surface area contributed by atoms with Gasteiger partial charge in [0.1, 0.15) is 10.8 Å². The molecule has 5 heteroatoms. The van der Waals surface area contributed by atoms with Crippen molar-refractivity contribution in [2.24, 2.45) is 5.73 Å². The molecule has 1 aliphatic rings. The number of ether oxygens (including phenoxy) is 1. The van der Waals surface area contributed by atoms with Crippen LogP contribution in [0.25, 0.3) is 0 Å². The van der Waals surface area contributed by atoms with Crippen LogP contribution in [-0.4, -0.2) is 35.8 Å². The summed E-state index contributed by atoms with van der Waals surface area (Å²) in [6.45, 7) is 2.88. The number of nitrogens with zero attached hydrogens (tertiary/aromatic N) is 2. The molecule has 0 radical (unpaired) electrons. The molecule has 1 saturated heterocycles. The zero-order valence-electron chi connectivity index (χ0n) is 10.1. The van der Waals surface area contributed by atoms with Crippen molar-refractivity contribution in [3.8, 4) is 0 Å². The Bertz CT molecular complexity index is 424. The average molecular weight is 251 g/mol. The number of pyridine rings is 1. The van der Waals surface area contributed by atoms with Crippen LogP contribution in [0.1, 0.15) is 18.9 Å². The van der Waals surface area contributed by atoms with Crippen LogP contribution in [-0.2, 0) is 4.74 Å². The summed E-state index contributed by atoms with van der Waals surface area (Å²) in [6, 6.07) is 4.08. The van der Waals surface area contributed by atoms with Gasteiger partial charge >= 0.3 is 0 Å². The van der Waals surface area contributed by atoms with E-state index in [9.17, 15) is 0 Å². The maximum atomic E-state index is 5.72. The number of aromatic nitrogens is 1. The molecule has 0 saturated carbocycles. The van der Waals surface area contributed by atoms with Gasteiger partial charge in [0.15, 0.2) is 0 Å². The first-order chi connectivity index (χ1) is 8.11. The van der Waals surface area contributed by atoms with Crippen LogP contribution in [0.4, 0.5) is 5.82 Å². The second-order valence-electron chi connectivity index (χ2n) is 4.28. The van der Waals surface area contributed by atoms with Gasteiger partial charge in [-0.2, -0.15) is 0 Å². The van der Waals surface area contributed by atoms with Crippen LogP contribution >= 0.6 is 12.2 Å². The Labute approximate surface area is 107 Å². The molecular formula is C12H17N3OS. The maximum Gasteiger partial charge on any atom is 0.138 e. The van der Waals surface area contributed by atoms with Crippen LogP contribution in [0.15, 0.2) is 18.3 Å². The Morgan fingerprint density at radius 2 is 2.41 bits per heavy atom. The van der Waals surface area contributed by atoms with E-state index in [0.29, 0.717) is 11.0 Å². The van der Waals surface area contributed by atoms with Crippen molar-refractivity contribution in [3.05, 3.63) is 23.9 Å². The topological polar surface area (TPSA) is 51.4 Å². The van der Waals surface area contributed by atoms with E-state index >= 15 is 0 Å². The number of likely N-dealkylation sites (N-methyl/N-ethyl adjacent to an activating group) is 1. The molecule has 0 spiro atoms. The largest absolute Gasteiger partial charge is 0.389 e. The summed E-state index contributed by atoms with van der Waals surface area (Å²) in [5, 5.41) is 0. The van der Waals surface area contributed by atoms with Gasteiger partial charge < -0.3 is 15.4 Å². The predicted octanol–water partition coefficient (Wildman–Crippen LogP) is 1.33. The highest BCUT2D eigenvalue weighted by atomic mass is 32.1. The maximum absolute atomic E-state index is 5.72. The molecule has 2 heterocycles. The lowest BCUT2D eigenvalue weighted by atomic mass is 10.1. The zero-order valence-corrected chi connectivity index (χ0v) is 10.9. The van der Waals surface area contributed by atoms with Gasteiger partial charge in [-0.05, 0) is 25.5 Å². The number of thiocarbonyl (C=S) groups is 1. The lowest BCUT2D eigenvalue weighted by Crippen LogP contribution is -2.38. The van der Waals surface area contributed by atoms with Crippen molar-refractivity contribution in [2.45, 2.75) is 25.5 Å². The molecule has 1 aromatic heterocycles. The third kappa shape index (κ3) is 2.40. The summed E-state index contributed by atoms with van der Waals surface area (Å²) < 4.78 is 5.57. The smallest absolute Gasteiger partial charge is 0.138 e. The molecule has 0 aromatic carbocycles. The molecule has 2 atom stereocenters. The lowest BCUT2D eigenvalue weighted by Gasteiger charge is -2.29. The fourth-order valence-corrected chi connectivity index (χ4v) is 2.42. The minimum atomic E-state index is 0.209. The quantitative estimate of drug-likeness (QED) is 0.821. The van der Waals surface area contributed by atoms with E-state index < -0.39 is 0 Å². The van der Waals surface area contributed by atoms with E-state index in [2.05, 4.69) is 16.8 Å². The van der Waals surface area contributed by atoms with Crippen molar-refractivity contribution in [2.75, 3.05) is 18.6 Å². The van der Waals surface area contributed by atoms with Gasteiger partial charge in [0.2, 0.25) is 0 Å². The van der Waals surface area contributed by atoms with Gasteiger partial charge in [-0.3, -0.25) is 0 Å². The van der Waals surface area contributed by atoms with Gasteiger partial charge in [0.25, 0.3) is 0 Å². The van der Waals surface area contributed by atoms with Crippen molar-refractivity contribution in [1.82, 2.24) is 4.98 Å². The van der Waals surface area contributed by atoms with Crippen LogP contribution in [0.5, 0.6) is 0 Å². The average Bonchev–Trinajstić information content (AvgIpc) is 2.74. The first-order valence-corrected chi connectivity index (χ1v) is 6.11. The van der Waals surface area contributed by atoms with E-state index in [0.717, 1.165) is 24.4 Å². The molecule has 1 aliphatic heterocycles. The molecule has 0 aliphatic carbocycles. The highest BCUT2D eigenvalue weighted by Crippen LogP contribution is 2.25. The van der Waals surface area contributed by atoms with Crippen molar-refractivity contribution in [3.63, 3.8) is 0 Å². The van der Waals surface area contributed by atoms with Crippen LogP contribution in [0, 0.1) is 0 Å². The predicted molar refractivity (Wildman–Crippen MR) is 72.3 cm³/mol. The van der Waals surface area contributed by atoms with Gasteiger partial charge in [-0.15, -0.1) is 0 Å². The fraction of sp³-hybridized carbons (Fsp3) is 0.500.